The summed E-state index contributed by atoms with van der Waals surface area (Å²) in [4.78, 5) is 39.4. The highest BCUT2D eigenvalue weighted by Crippen LogP contribution is 2.27. The molecule has 0 radical (unpaired) electrons. The molecule has 1 aliphatic heterocycles. The second-order valence-electron chi connectivity index (χ2n) is 6.24. The number of ketones is 1. The first-order valence-electron chi connectivity index (χ1n) is 9.03. The van der Waals surface area contributed by atoms with E-state index in [0.29, 0.717) is 12.2 Å². The molecule has 1 atom stereocenters. The number of imide groups is 1. The third-order valence-electron chi connectivity index (χ3n) is 4.39. The summed E-state index contributed by atoms with van der Waals surface area (Å²) in [7, 11) is 0. The highest BCUT2D eigenvalue weighted by molar-refractivity contribution is 6.12. The van der Waals surface area contributed by atoms with Crippen molar-refractivity contribution in [2.45, 2.75) is 26.4 Å². The molecule has 0 saturated heterocycles. The van der Waals surface area contributed by atoms with Crippen LogP contribution in [-0.4, -0.2) is 41.8 Å². The number of carbonyl (C=O) groups is 3. The van der Waals surface area contributed by atoms with Gasteiger partial charge < -0.3 is 9.47 Å². The number of amides is 2. The van der Waals surface area contributed by atoms with Gasteiger partial charge >= 0.3 is 0 Å². The van der Waals surface area contributed by atoms with E-state index in [1.54, 1.807) is 32.0 Å². The molecular weight excluding hydrogens is 365 g/mol. The Balaban J connectivity index is 1.96. The summed E-state index contributed by atoms with van der Waals surface area (Å²) in [6, 6.07) is 10.1. The zero-order valence-electron chi connectivity index (χ0n) is 15.6. The van der Waals surface area contributed by atoms with Crippen LogP contribution in [0, 0.1) is 5.82 Å². The lowest BCUT2D eigenvalue weighted by Gasteiger charge is -2.21. The molecule has 0 spiro atoms. The summed E-state index contributed by atoms with van der Waals surface area (Å²) in [5.41, 5.74) is 0.179. The standard InChI is InChI=1S/C21H20FNO5/c1-3-17-21(26)23(20(25)14-7-5-6-8-19(14)28-17)12-16(24)15-11-13(22)9-10-18(15)27-4-2/h5-11,17H,3-4,12H2,1-2H3/t17-/m0/s1. The predicted molar refractivity (Wildman–Crippen MR) is 99.1 cm³/mol. The highest BCUT2D eigenvalue weighted by atomic mass is 19.1. The van der Waals surface area contributed by atoms with Crippen LogP contribution in [0.2, 0.25) is 0 Å². The molecule has 28 heavy (non-hydrogen) atoms. The number of Topliss-reactive ketones (excluding diaryl/α,β-unsaturated/α-hetero) is 1. The minimum atomic E-state index is -0.890. The van der Waals surface area contributed by atoms with Crippen molar-refractivity contribution in [1.82, 2.24) is 4.90 Å². The Hall–Kier alpha value is -3.22. The van der Waals surface area contributed by atoms with Gasteiger partial charge in [0.1, 0.15) is 17.3 Å². The number of carbonyl (C=O) groups excluding carboxylic acids is 3. The summed E-state index contributed by atoms with van der Waals surface area (Å²) >= 11 is 0. The first kappa shape index (κ1) is 19.5. The quantitative estimate of drug-likeness (QED) is 0.564. The van der Waals surface area contributed by atoms with E-state index in [0.717, 1.165) is 11.0 Å². The van der Waals surface area contributed by atoms with Crippen LogP contribution in [0.4, 0.5) is 4.39 Å². The van der Waals surface area contributed by atoms with E-state index in [1.807, 2.05) is 0 Å². The Morgan fingerprint density at radius 2 is 1.93 bits per heavy atom. The maximum atomic E-state index is 13.7. The minimum Gasteiger partial charge on any atom is -0.493 e. The van der Waals surface area contributed by atoms with Crippen molar-refractivity contribution in [1.29, 1.82) is 0 Å². The van der Waals surface area contributed by atoms with E-state index < -0.39 is 36.1 Å². The molecule has 3 rings (SSSR count). The maximum absolute atomic E-state index is 13.7. The minimum absolute atomic E-state index is 0.0195. The largest absolute Gasteiger partial charge is 0.493 e. The van der Waals surface area contributed by atoms with Gasteiger partial charge in [0.25, 0.3) is 11.8 Å². The lowest BCUT2D eigenvalue weighted by atomic mass is 10.1. The Bertz CT molecular complexity index is 927. The van der Waals surface area contributed by atoms with Crippen LogP contribution in [-0.2, 0) is 4.79 Å². The Morgan fingerprint density at radius 1 is 1.18 bits per heavy atom. The van der Waals surface area contributed by atoms with Crippen LogP contribution in [0.3, 0.4) is 0 Å². The van der Waals surface area contributed by atoms with Gasteiger partial charge in [0.2, 0.25) is 0 Å². The summed E-state index contributed by atoms with van der Waals surface area (Å²) in [5.74, 6) is -1.94. The number of hydrogen-bond acceptors (Lipinski definition) is 5. The van der Waals surface area contributed by atoms with Gasteiger partial charge in [-0.3, -0.25) is 19.3 Å². The molecule has 2 aromatic rings. The second kappa shape index (κ2) is 8.21. The van der Waals surface area contributed by atoms with Gasteiger partial charge in [-0.2, -0.15) is 0 Å². The third-order valence-corrected chi connectivity index (χ3v) is 4.39. The molecule has 0 bridgehead atoms. The lowest BCUT2D eigenvalue weighted by molar-refractivity contribution is -0.135. The van der Waals surface area contributed by atoms with E-state index in [4.69, 9.17) is 9.47 Å². The van der Waals surface area contributed by atoms with Gasteiger partial charge in [-0.15, -0.1) is 0 Å². The molecule has 1 aliphatic rings. The van der Waals surface area contributed by atoms with Crippen LogP contribution in [0.25, 0.3) is 0 Å². The van der Waals surface area contributed by atoms with E-state index in [2.05, 4.69) is 0 Å². The number of nitrogens with zero attached hydrogens (tertiary/aromatic N) is 1. The van der Waals surface area contributed by atoms with Gasteiger partial charge in [0.05, 0.1) is 24.3 Å². The van der Waals surface area contributed by atoms with Crippen molar-refractivity contribution in [3.05, 3.63) is 59.4 Å². The molecule has 0 aromatic heterocycles. The third kappa shape index (κ3) is 3.74. The van der Waals surface area contributed by atoms with Crippen LogP contribution in [0.5, 0.6) is 11.5 Å². The summed E-state index contributed by atoms with van der Waals surface area (Å²) in [6.45, 7) is 3.24. The Morgan fingerprint density at radius 3 is 2.64 bits per heavy atom. The molecule has 0 saturated carbocycles. The van der Waals surface area contributed by atoms with E-state index in [1.165, 1.54) is 18.2 Å². The normalized spacial score (nSPS) is 16.2. The number of rotatable bonds is 6. The van der Waals surface area contributed by atoms with Gasteiger partial charge in [-0.25, -0.2) is 4.39 Å². The van der Waals surface area contributed by atoms with Crippen molar-refractivity contribution in [3.8, 4) is 11.5 Å². The summed E-state index contributed by atoms with van der Waals surface area (Å²) in [5, 5.41) is 0. The summed E-state index contributed by atoms with van der Waals surface area (Å²) in [6.07, 6.45) is -0.561. The number of benzene rings is 2. The molecule has 0 fully saturated rings. The molecule has 7 heteroatoms. The smallest absolute Gasteiger partial charge is 0.270 e. The number of ether oxygens (including phenoxy) is 2. The first-order valence-corrected chi connectivity index (χ1v) is 9.03. The fourth-order valence-electron chi connectivity index (χ4n) is 3.01. The van der Waals surface area contributed by atoms with Crippen molar-refractivity contribution in [2.75, 3.05) is 13.2 Å². The van der Waals surface area contributed by atoms with Crippen LogP contribution in [0.1, 0.15) is 41.0 Å². The molecule has 0 N–H and O–H groups in total. The molecule has 146 valence electrons. The van der Waals surface area contributed by atoms with Crippen LogP contribution in [0.15, 0.2) is 42.5 Å². The van der Waals surface area contributed by atoms with Crippen molar-refractivity contribution in [2.24, 2.45) is 0 Å². The van der Waals surface area contributed by atoms with Gasteiger partial charge in [0.15, 0.2) is 11.9 Å². The molecule has 6 nitrogen and oxygen atoms in total. The van der Waals surface area contributed by atoms with E-state index in [-0.39, 0.29) is 23.5 Å². The number of para-hydroxylation sites is 1. The monoisotopic (exact) mass is 385 g/mol. The van der Waals surface area contributed by atoms with Crippen molar-refractivity contribution >= 4 is 17.6 Å². The lowest BCUT2D eigenvalue weighted by Crippen LogP contribution is -2.45. The van der Waals surface area contributed by atoms with Gasteiger partial charge in [0, 0.05) is 0 Å². The fourth-order valence-corrected chi connectivity index (χ4v) is 3.01. The topological polar surface area (TPSA) is 72.9 Å². The highest BCUT2D eigenvalue weighted by Gasteiger charge is 2.37. The van der Waals surface area contributed by atoms with Gasteiger partial charge in [-0.05, 0) is 43.7 Å². The average molecular weight is 385 g/mol. The van der Waals surface area contributed by atoms with E-state index in [9.17, 15) is 18.8 Å². The first-order chi connectivity index (χ1) is 13.5. The number of halogens is 1. The van der Waals surface area contributed by atoms with Crippen molar-refractivity contribution < 1.29 is 28.2 Å². The van der Waals surface area contributed by atoms with E-state index >= 15 is 0 Å². The summed E-state index contributed by atoms with van der Waals surface area (Å²) < 4.78 is 24.7. The van der Waals surface area contributed by atoms with Crippen LogP contribution < -0.4 is 9.47 Å². The van der Waals surface area contributed by atoms with Gasteiger partial charge in [-0.1, -0.05) is 19.1 Å². The number of fused-ring (bicyclic) bond motifs is 1. The molecular formula is C21H20FNO5. The molecule has 0 aliphatic carbocycles. The SMILES string of the molecule is CCOc1ccc(F)cc1C(=O)CN1C(=O)c2ccccc2O[C@@H](CC)C1=O. The molecule has 0 unspecified atom stereocenters. The zero-order valence-corrected chi connectivity index (χ0v) is 15.6. The second-order valence-corrected chi connectivity index (χ2v) is 6.24. The zero-order chi connectivity index (χ0) is 20.3. The van der Waals surface area contributed by atoms with Crippen molar-refractivity contribution in [3.63, 3.8) is 0 Å². The predicted octanol–water partition coefficient (Wildman–Crippen LogP) is 3.25. The maximum Gasteiger partial charge on any atom is 0.270 e. The molecule has 2 amide bonds. The average Bonchev–Trinajstić information content (AvgIpc) is 2.79. The fraction of sp³-hybridized carbons (Fsp3) is 0.286. The number of hydrogen-bond donors (Lipinski definition) is 0. The Labute approximate surface area is 161 Å². The molecule has 1 heterocycles. The van der Waals surface area contributed by atoms with Crippen LogP contribution >= 0.6 is 0 Å². The Kier molecular flexibility index (Phi) is 5.73. The molecule has 2 aromatic carbocycles.